The molecule has 5 nitrogen and oxygen atoms in total. The molecule has 0 aliphatic rings. The van der Waals surface area contributed by atoms with Crippen molar-refractivity contribution in [2.45, 2.75) is 21.9 Å². The highest BCUT2D eigenvalue weighted by Gasteiger charge is 2.26. The fourth-order valence-electron chi connectivity index (χ4n) is 3.03. The lowest BCUT2D eigenvalue weighted by Gasteiger charge is -2.05. The summed E-state index contributed by atoms with van der Waals surface area (Å²) in [6.45, 7) is 1.98. The van der Waals surface area contributed by atoms with Gasteiger partial charge in [0, 0.05) is 11.1 Å². The van der Waals surface area contributed by atoms with Crippen LogP contribution in [0.1, 0.15) is 15.9 Å². The van der Waals surface area contributed by atoms with E-state index in [-0.39, 0.29) is 26.5 Å². The predicted molar refractivity (Wildman–Crippen MR) is 122 cm³/mol. The minimum absolute atomic E-state index is 0.000127. The van der Waals surface area contributed by atoms with Crippen LogP contribution in [-0.4, -0.2) is 29.9 Å². The number of hydrogen-bond donors (Lipinski definition) is 1. The summed E-state index contributed by atoms with van der Waals surface area (Å²) in [6.07, 6.45) is 0. The van der Waals surface area contributed by atoms with Gasteiger partial charge in [0.2, 0.25) is 9.84 Å². The van der Waals surface area contributed by atoms with Crippen LogP contribution in [0.15, 0.2) is 99.9 Å². The van der Waals surface area contributed by atoms with Gasteiger partial charge in [0.05, 0.1) is 10.6 Å². The van der Waals surface area contributed by atoms with Crippen molar-refractivity contribution in [1.29, 1.82) is 0 Å². The normalized spacial score (nSPS) is 11.4. The number of imidazole rings is 1. The molecule has 0 saturated heterocycles. The molecule has 0 radical (unpaired) electrons. The molecule has 0 aliphatic heterocycles. The molecule has 0 aliphatic carbocycles. The van der Waals surface area contributed by atoms with Gasteiger partial charge in [0.15, 0.2) is 10.8 Å². The van der Waals surface area contributed by atoms with Gasteiger partial charge in [0.1, 0.15) is 10.9 Å². The monoisotopic (exact) mass is 448 g/mol. The highest BCUT2D eigenvalue weighted by molar-refractivity contribution is 8.00. The van der Waals surface area contributed by atoms with E-state index < -0.39 is 9.84 Å². The summed E-state index contributed by atoms with van der Waals surface area (Å²) in [5.74, 6) is 0.442. The van der Waals surface area contributed by atoms with Crippen molar-refractivity contribution in [1.82, 2.24) is 9.97 Å². The number of nitrogens with one attached hydrogen (secondary N) is 1. The van der Waals surface area contributed by atoms with Crippen molar-refractivity contribution in [2.75, 3.05) is 5.75 Å². The van der Waals surface area contributed by atoms with E-state index in [4.69, 9.17) is 0 Å². The smallest absolute Gasteiger partial charge is 0.224 e. The fraction of sp³-hybridized carbons (Fsp3) is 0.0833. The lowest BCUT2D eigenvalue weighted by molar-refractivity contribution is 0.102. The predicted octanol–water partition coefficient (Wildman–Crippen LogP) is 5.19. The second-order valence-corrected chi connectivity index (χ2v) is 9.83. The molecule has 0 amide bonds. The Labute approximate surface area is 185 Å². The molecule has 0 fully saturated rings. The van der Waals surface area contributed by atoms with Crippen molar-refractivity contribution in [3.8, 4) is 11.4 Å². The first-order chi connectivity index (χ1) is 14.9. The van der Waals surface area contributed by atoms with Crippen LogP contribution >= 0.6 is 11.8 Å². The summed E-state index contributed by atoms with van der Waals surface area (Å²) < 4.78 is 26.6. The Morgan fingerprint density at radius 1 is 0.903 bits per heavy atom. The Morgan fingerprint density at radius 3 is 2.16 bits per heavy atom. The number of rotatable bonds is 7. The van der Waals surface area contributed by atoms with E-state index in [1.54, 1.807) is 54.6 Å². The molecule has 1 aromatic heterocycles. The third-order valence-electron chi connectivity index (χ3n) is 4.72. The molecule has 0 atom stereocenters. The number of carbonyl (C=O) groups excluding carboxylic acids is 1. The second kappa shape index (κ2) is 8.91. The number of aromatic amines is 1. The summed E-state index contributed by atoms with van der Waals surface area (Å²) in [7, 11) is -3.83. The van der Waals surface area contributed by atoms with E-state index in [1.165, 1.54) is 0 Å². The molecule has 1 heterocycles. The van der Waals surface area contributed by atoms with Crippen LogP contribution in [-0.2, 0) is 9.84 Å². The number of sulfone groups is 1. The van der Waals surface area contributed by atoms with E-state index in [9.17, 15) is 13.2 Å². The Kier molecular flexibility index (Phi) is 6.06. The summed E-state index contributed by atoms with van der Waals surface area (Å²) in [4.78, 5) is 20.3. The lowest BCUT2D eigenvalue weighted by atomic mass is 10.1. The van der Waals surface area contributed by atoms with Crippen LogP contribution in [0.25, 0.3) is 11.4 Å². The van der Waals surface area contributed by atoms with Crippen molar-refractivity contribution < 1.29 is 13.2 Å². The van der Waals surface area contributed by atoms with Gasteiger partial charge < -0.3 is 4.98 Å². The molecule has 31 heavy (non-hydrogen) atoms. The van der Waals surface area contributed by atoms with Gasteiger partial charge in [-0.1, -0.05) is 90.1 Å². The maximum Gasteiger partial charge on any atom is 0.224 e. The van der Waals surface area contributed by atoms with Gasteiger partial charge in [-0.3, -0.25) is 4.79 Å². The molecular formula is C24H20N2O3S2. The highest BCUT2D eigenvalue weighted by atomic mass is 32.2. The van der Waals surface area contributed by atoms with Gasteiger partial charge >= 0.3 is 0 Å². The maximum absolute atomic E-state index is 13.3. The third kappa shape index (κ3) is 4.62. The van der Waals surface area contributed by atoms with Crippen LogP contribution < -0.4 is 0 Å². The van der Waals surface area contributed by atoms with Crippen molar-refractivity contribution in [3.05, 3.63) is 96.1 Å². The summed E-state index contributed by atoms with van der Waals surface area (Å²) >= 11 is 1.12. The number of benzene rings is 3. The summed E-state index contributed by atoms with van der Waals surface area (Å²) in [5.41, 5.74) is 2.45. The van der Waals surface area contributed by atoms with Gasteiger partial charge in [0.25, 0.3) is 0 Å². The molecule has 1 N–H and O–H groups in total. The summed E-state index contributed by atoms with van der Waals surface area (Å²) in [6, 6.07) is 24.8. The third-order valence-corrected chi connectivity index (χ3v) is 7.55. The molecule has 4 aromatic rings. The number of hydrogen-bond acceptors (Lipinski definition) is 5. The molecule has 156 valence electrons. The van der Waals surface area contributed by atoms with Gasteiger partial charge in [-0.15, -0.1) is 0 Å². The minimum atomic E-state index is -3.83. The number of aryl methyl sites for hydroxylation is 1. The number of thioether (sulfide) groups is 1. The Bertz CT molecular complexity index is 1300. The van der Waals surface area contributed by atoms with Gasteiger partial charge in [-0.25, -0.2) is 13.4 Å². The number of H-pyrrole nitrogens is 1. The summed E-state index contributed by atoms with van der Waals surface area (Å²) in [5, 5.41) is 0.281. The van der Waals surface area contributed by atoms with Crippen LogP contribution in [0.5, 0.6) is 0 Å². The average molecular weight is 449 g/mol. The van der Waals surface area contributed by atoms with E-state index in [1.807, 2.05) is 37.3 Å². The largest absolute Gasteiger partial charge is 0.328 e. The lowest BCUT2D eigenvalue weighted by Crippen LogP contribution is -2.06. The van der Waals surface area contributed by atoms with E-state index >= 15 is 0 Å². The highest BCUT2D eigenvalue weighted by Crippen LogP contribution is 2.32. The fourth-order valence-corrected chi connectivity index (χ4v) is 5.56. The van der Waals surface area contributed by atoms with Crippen LogP contribution in [0.4, 0.5) is 0 Å². The Balaban J connectivity index is 1.72. The zero-order valence-electron chi connectivity index (χ0n) is 16.8. The SMILES string of the molecule is Cc1ccc(-c2nc(SCC(=O)c3ccccc3)c(S(=O)(=O)c3ccccc3)[nH]2)cc1. The van der Waals surface area contributed by atoms with Crippen LogP contribution in [0.3, 0.4) is 0 Å². The van der Waals surface area contributed by atoms with Crippen molar-refractivity contribution in [2.24, 2.45) is 0 Å². The molecule has 0 unspecified atom stereocenters. The quantitative estimate of drug-likeness (QED) is 0.311. The van der Waals surface area contributed by atoms with Crippen LogP contribution in [0, 0.1) is 6.92 Å². The first kappa shape index (κ1) is 21.1. The number of nitrogens with zero attached hydrogens (tertiary/aromatic N) is 1. The van der Waals surface area contributed by atoms with Crippen LogP contribution in [0.2, 0.25) is 0 Å². The average Bonchev–Trinajstić information content (AvgIpc) is 3.24. The van der Waals surface area contributed by atoms with E-state index in [0.717, 1.165) is 22.9 Å². The number of aromatic nitrogens is 2. The molecule has 7 heteroatoms. The van der Waals surface area contributed by atoms with E-state index in [2.05, 4.69) is 9.97 Å². The first-order valence-electron chi connectivity index (χ1n) is 9.63. The number of carbonyl (C=O) groups is 1. The number of ketones is 1. The molecule has 0 saturated carbocycles. The van der Waals surface area contributed by atoms with E-state index in [0.29, 0.717) is 11.4 Å². The minimum Gasteiger partial charge on any atom is -0.328 e. The van der Waals surface area contributed by atoms with Crippen molar-refractivity contribution in [3.63, 3.8) is 0 Å². The first-order valence-corrected chi connectivity index (χ1v) is 12.1. The number of Topliss-reactive ketones (excluding diaryl/α,β-unsaturated/α-hetero) is 1. The second-order valence-electron chi connectivity index (χ2n) is 6.98. The zero-order chi connectivity index (χ0) is 21.8. The molecule has 3 aromatic carbocycles. The molecule has 0 spiro atoms. The Morgan fingerprint density at radius 2 is 1.52 bits per heavy atom. The Hall–Kier alpha value is -3.16. The molecular weight excluding hydrogens is 428 g/mol. The van der Waals surface area contributed by atoms with Gasteiger partial charge in [-0.05, 0) is 19.1 Å². The molecule has 0 bridgehead atoms. The molecule has 4 rings (SSSR count). The topological polar surface area (TPSA) is 79.9 Å². The van der Waals surface area contributed by atoms with Gasteiger partial charge in [-0.2, -0.15) is 0 Å². The standard InChI is InChI=1S/C24H20N2O3S2/c1-17-12-14-19(15-13-17)22-25-23(30-16-21(27)18-8-4-2-5-9-18)24(26-22)31(28,29)20-10-6-3-7-11-20/h2-15H,16H2,1H3,(H,25,26). The maximum atomic E-state index is 13.3. The zero-order valence-corrected chi connectivity index (χ0v) is 18.4. The van der Waals surface area contributed by atoms with Crippen molar-refractivity contribution >= 4 is 27.4 Å².